The van der Waals surface area contributed by atoms with Crippen LogP contribution in [-0.4, -0.2) is 12.0 Å². The van der Waals surface area contributed by atoms with Crippen LogP contribution in [0.1, 0.15) is 5.56 Å². The lowest BCUT2D eigenvalue weighted by Crippen LogP contribution is -2.03. The average Bonchev–Trinajstić information content (AvgIpc) is 2.46. The van der Waals surface area contributed by atoms with Crippen LogP contribution in [0.3, 0.4) is 0 Å². The fourth-order valence-electron chi connectivity index (χ4n) is 1.85. The molecule has 0 aromatic heterocycles. The van der Waals surface area contributed by atoms with Gasteiger partial charge in [-0.1, -0.05) is 17.7 Å². The summed E-state index contributed by atoms with van der Waals surface area (Å²) in [5, 5.41) is 14.2. The molecule has 110 valence electrons. The van der Waals surface area contributed by atoms with Crippen molar-refractivity contribution in [3.63, 3.8) is 0 Å². The van der Waals surface area contributed by atoms with Crippen LogP contribution in [0.25, 0.3) is 0 Å². The zero-order valence-corrected chi connectivity index (χ0v) is 11.9. The number of anilines is 1. The van der Waals surface area contributed by atoms with Gasteiger partial charge in [0.1, 0.15) is 5.75 Å². The minimum absolute atomic E-state index is 0.297. The summed E-state index contributed by atoms with van der Waals surface area (Å²) in [4.78, 5) is 9.93. The first-order valence-corrected chi connectivity index (χ1v) is 6.40. The summed E-state index contributed by atoms with van der Waals surface area (Å²) in [6, 6.07) is 8.84. The Morgan fingerprint density at radius 1 is 1.38 bits per heavy atom. The quantitative estimate of drug-likeness (QED) is 0.669. The molecular formula is C14H12ClFN2O3. The highest BCUT2D eigenvalue weighted by Crippen LogP contribution is 2.28. The number of nitro groups is 1. The van der Waals surface area contributed by atoms with Crippen molar-refractivity contribution < 1.29 is 14.1 Å². The third-order valence-corrected chi connectivity index (χ3v) is 3.26. The van der Waals surface area contributed by atoms with Crippen LogP contribution < -0.4 is 10.1 Å². The molecule has 0 aliphatic carbocycles. The Hall–Kier alpha value is -2.34. The van der Waals surface area contributed by atoms with Gasteiger partial charge in [0.25, 0.3) is 0 Å². The van der Waals surface area contributed by atoms with E-state index >= 15 is 0 Å². The van der Waals surface area contributed by atoms with Crippen LogP contribution in [0.4, 0.5) is 15.8 Å². The molecule has 0 amide bonds. The fourth-order valence-corrected chi connectivity index (χ4v) is 2.09. The molecule has 2 aromatic carbocycles. The third-order valence-electron chi connectivity index (χ3n) is 2.91. The van der Waals surface area contributed by atoms with Crippen molar-refractivity contribution in [3.05, 3.63) is 62.9 Å². The molecule has 0 saturated heterocycles. The number of nitrogens with one attached hydrogen (secondary N) is 1. The van der Waals surface area contributed by atoms with Gasteiger partial charge >= 0.3 is 5.69 Å². The molecule has 0 saturated carbocycles. The van der Waals surface area contributed by atoms with Gasteiger partial charge in [0.15, 0.2) is 0 Å². The van der Waals surface area contributed by atoms with Crippen molar-refractivity contribution in [2.75, 3.05) is 12.4 Å². The molecule has 7 heteroatoms. The van der Waals surface area contributed by atoms with Gasteiger partial charge in [-0.05, 0) is 24.3 Å². The SMILES string of the molecule is COc1cccc(Cl)c1CNc1ccc(F)c([N+](=O)[O-])c1. The van der Waals surface area contributed by atoms with Crippen LogP contribution in [0.2, 0.25) is 5.02 Å². The number of halogens is 2. The summed E-state index contributed by atoms with van der Waals surface area (Å²) in [5.74, 6) is -0.271. The summed E-state index contributed by atoms with van der Waals surface area (Å²) < 4.78 is 18.5. The number of nitrogens with zero attached hydrogens (tertiary/aromatic N) is 1. The van der Waals surface area contributed by atoms with E-state index < -0.39 is 16.4 Å². The zero-order valence-electron chi connectivity index (χ0n) is 11.1. The van der Waals surface area contributed by atoms with Gasteiger partial charge in [-0.15, -0.1) is 0 Å². The second-order valence-corrected chi connectivity index (χ2v) is 4.60. The number of benzene rings is 2. The van der Waals surface area contributed by atoms with Gasteiger partial charge < -0.3 is 10.1 Å². The smallest absolute Gasteiger partial charge is 0.306 e. The molecule has 0 unspecified atom stereocenters. The van der Waals surface area contributed by atoms with Crippen LogP contribution >= 0.6 is 11.6 Å². The molecule has 1 N–H and O–H groups in total. The molecule has 21 heavy (non-hydrogen) atoms. The number of rotatable bonds is 5. The van der Waals surface area contributed by atoms with Crippen molar-refractivity contribution >= 4 is 23.0 Å². The summed E-state index contributed by atoms with van der Waals surface area (Å²) in [7, 11) is 1.53. The maximum absolute atomic E-state index is 13.3. The Kier molecular flexibility index (Phi) is 4.59. The van der Waals surface area contributed by atoms with E-state index in [1.807, 2.05) is 0 Å². The van der Waals surface area contributed by atoms with Gasteiger partial charge in [-0.3, -0.25) is 10.1 Å². The minimum Gasteiger partial charge on any atom is -0.496 e. The molecule has 0 atom stereocenters. The van der Waals surface area contributed by atoms with Gasteiger partial charge in [0, 0.05) is 28.9 Å². The van der Waals surface area contributed by atoms with Crippen molar-refractivity contribution in [1.29, 1.82) is 0 Å². The molecule has 0 radical (unpaired) electrons. The Balaban J connectivity index is 2.21. The summed E-state index contributed by atoms with van der Waals surface area (Å²) in [6.45, 7) is 0.297. The Morgan fingerprint density at radius 2 is 2.14 bits per heavy atom. The standard InChI is InChI=1S/C14H12ClFN2O3/c1-21-14-4-2-3-11(15)10(14)8-17-9-5-6-12(16)13(7-9)18(19)20/h2-7,17H,8H2,1H3. The minimum atomic E-state index is -0.874. The van der Waals surface area contributed by atoms with E-state index in [4.69, 9.17) is 16.3 Å². The monoisotopic (exact) mass is 310 g/mol. The number of nitro benzene ring substituents is 1. The summed E-state index contributed by atoms with van der Waals surface area (Å²) >= 11 is 6.09. The van der Waals surface area contributed by atoms with E-state index in [1.165, 1.54) is 13.2 Å². The summed E-state index contributed by atoms with van der Waals surface area (Å²) in [6.07, 6.45) is 0. The first-order valence-electron chi connectivity index (χ1n) is 6.02. The van der Waals surface area contributed by atoms with Gasteiger partial charge in [-0.2, -0.15) is 4.39 Å². The lowest BCUT2D eigenvalue weighted by atomic mass is 10.2. The number of hydrogen-bond donors (Lipinski definition) is 1. The second kappa shape index (κ2) is 6.41. The molecule has 2 aromatic rings. The molecule has 5 nitrogen and oxygen atoms in total. The number of hydrogen-bond acceptors (Lipinski definition) is 4. The third kappa shape index (κ3) is 3.41. The maximum Gasteiger partial charge on any atom is 0.306 e. The highest BCUT2D eigenvalue weighted by Gasteiger charge is 2.14. The molecule has 0 aliphatic heterocycles. The van der Waals surface area contributed by atoms with Crippen LogP contribution in [0.15, 0.2) is 36.4 Å². The van der Waals surface area contributed by atoms with Crippen LogP contribution in [0, 0.1) is 15.9 Å². The molecule has 2 rings (SSSR count). The first-order chi connectivity index (χ1) is 10.0. The lowest BCUT2D eigenvalue weighted by molar-refractivity contribution is -0.387. The van der Waals surface area contributed by atoms with E-state index in [0.717, 1.165) is 12.1 Å². The topological polar surface area (TPSA) is 64.4 Å². The van der Waals surface area contributed by atoms with Crippen molar-refractivity contribution in [2.45, 2.75) is 6.54 Å². The number of ether oxygens (including phenoxy) is 1. The molecular weight excluding hydrogens is 299 g/mol. The van der Waals surface area contributed by atoms with Gasteiger partial charge in [0.05, 0.1) is 12.0 Å². The molecule has 0 heterocycles. The fraction of sp³-hybridized carbons (Fsp3) is 0.143. The molecule has 0 bridgehead atoms. The van der Waals surface area contributed by atoms with E-state index in [2.05, 4.69) is 5.32 Å². The van der Waals surface area contributed by atoms with Gasteiger partial charge in [0.2, 0.25) is 5.82 Å². The zero-order chi connectivity index (χ0) is 15.4. The summed E-state index contributed by atoms with van der Waals surface area (Å²) in [5.41, 5.74) is 0.560. The predicted molar refractivity (Wildman–Crippen MR) is 78.4 cm³/mol. The van der Waals surface area contributed by atoms with E-state index in [9.17, 15) is 14.5 Å². The Labute approximate surface area is 125 Å². The van der Waals surface area contributed by atoms with E-state index in [0.29, 0.717) is 28.6 Å². The van der Waals surface area contributed by atoms with Crippen LogP contribution in [-0.2, 0) is 6.54 Å². The maximum atomic E-state index is 13.3. The van der Waals surface area contributed by atoms with E-state index in [1.54, 1.807) is 18.2 Å². The van der Waals surface area contributed by atoms with Gasteiger partial charge in [-0.25, -0.2) is 0 Å². The largest absolute Gasteiger partial charge is 0.496 e. The highest BCUT2D eigenvalue weighted by molar-refractivity contribution is 6.31. The van der Waals surface area contributed by atoms with Crippen molar-refractivity contribution in [1.82, 2.24) is 0 Å². The second-order valence-electron chi connectivity index (χ2n) is 4.20. The Bertz CT molecular complexity index is 679. The van der Waals surface area contributed by atoms with Crippen molar-refractivity contribution in [3.8, 4) is 5.75 Å². The average molecular weight is 311 g/mol. The highest BCUT2D eigenvalue weighted by atomic mass is 35.5. The molecule has 0 aliphatic rings. The van der Waals surface area contributed by atoms with Crippen molar-refractivity contribution in [2.24, 2.45) is 0 Å². The van der Waals surface area contributed by atoms with Crippen LogP contribution in [0.5, 0.6) is 5.75 Å². The molecule has 0 fully saturated rings. The lowest BCUT2D eigenvalue weighted by Gasteiger charge is -2.12. The first kappa shape index (κ1) is 15.1. The Morgan fingerprint density at radius 3 is 2.81 bits per heavy atom. The normalized spacial score (nSPS) is 10.2. The molecule has 0 spiro atoms. The van der Waals surface area contributed by atoms with E-state index in [-0.39, 0.29) is 0 Å². The predicted octanol–water partition coefficient (Wildman–Crippen LogP) is 4.01. The number of methoxy groups -OCH3 is 1.